The van der Waals surface area contributed by atoms with Crippen LogP contribution in [-0.4, -0.2) is 5.11 Å². The normalized spacial score (nSPS) is 12.8. The van der Waals surface area contributed by atoms with Gasteiger partial charge in [-0.05, 0) is 47.0 Å². The number of aryl methyl sites for hydroxylation is 1. The zero-order chi connectivity index (χ0) is 11.7. The van der Waals surface area contributed by atoms with Crippen LogP contribution in [0.2, 0.25) is 0 Å². The molecule has 0 amide bonds. The number of thiophene rings is 1. The maximum atomic E-state index is 13.5. The van der Waals surface area contributed by atoms with Gasteiger partial charge in [0.2, 0.25) is 0 Å². The van der Waals surface area contributed by atoms with Gasteiger partial charge in [-0.3, -0.25) is 0 Å². The van der Waals surface area contributed by atoms with E-state index >= 15 is 0 Å². The van der Waals surface area contributed by atoms with E-state index < -0.39 is 17.7 Å². The quantitative estimate of drug-likeness (QED) is 0.852. The highest BCUT2D eigenvalue weighted by atomic mass is 32.1. The third-order valence-electron chi connectivity index (χ3n) is 2.43. The number of aliphatic hydroxyl groups excluding tert-OH is 1. The average Bonchev–Trinajstić information content (AvgIpc) is 2.75. The summed E-state index contributed by atoms with van der Waals surface area (Å²) in [5.41, 5.74) is 0.785. The van der Waals surface area contributed by atoms with Crippen LogP contribution in [0.5, 0.6) is 0 Å². The summed E-state index contributed by atoms with van der Waals surface area (Å²) in [6.45, 7) is 1.49. The second-order valence-electron chi connectivity index (χ2n) is 3.58. The minimum Gasteiger partial charge on any atom is -0.384 e. The van der Waals surface area contributed by atoms with Crippen LogP contribution < -0.4 is 0 Å². The van der Waals surface area contributed by atoms with Crippen LogP contribution in [0.4, 0.5) is 8.78 Å². The van der Waals surface area contributed by atoms with Gasteiger partial charge in [0.05, 0.1) is 0 Å². The summed E-state index contributed by atoms with van der Waals surface area (Å²) in [5, 5.41) is 13.4. The molecule has 84 valence electrons. The van der Waals surface area contributed by atoms with Gasteiger partial charge in [0.25, 0.3) is 0 Å². The summed E-state index contributed by atoms with van der Waals surface area (Å²) in [6.07, 6.45) is -1.11. The molecule has 2 aromatic rings. The molecule has 4 heteroatoms. The summed E-state index contributed by atoms with van der Waals surface area (Å²) < 4.78 is 26.8. The van der Waals surface area contributed by atoms with Gasteiger partial charge in [0, 0.05) is 5.56 Å². The number of rotatable bonds is 2. The van der Waals surface area contributed by atoms with Crippen molar-refractivity contribution in [3.05, 3.63) is 57.3 Å². The predicted molar refractivity (Wildman–Crippen MR) is 59.5 cm³/mol. The molecule has 1 atom stereocenters. The van der Waals surface area contributed by atoms with Crippen LogP contribution in [0, 0.1) is 18.6 Å². The molecule has 0 aliphatic carbocycles. The Kier molecular flexibility index (Phi) is 3.03. The first-order valence-corrected chi connectivity index (χ1v) is 5.69. The van der Waals surface area contributed by atoms with E-state index in [0.717, 1.165) is 12.1 Å². The van der Waals surface area contributed by atoms with Crippen LogP contribution >= 0.6 is 11.3 Å². The van der Waals surface area contributed by atoms with Crippen LogP contribution in [0.15, 0.2) is 29.0 Å². The lowest BCUT2D eigenvalue weighted by atomic mass is 10.0. The number of hydrogen-bond donors (Lipinski definition) is 1. The molecule has 1 heterocycles. The van der Waals surface area contributed by atoms with Crippen molar-refractivity contribution in [2.75, 3.05) is 0 Å². The molecule has 0 saturated carbocycles. The van der Waals surface area contributed by atoms with Crippen molar-refractivity contribution in [3.63, 3.8) is 0 Å². The lowest BCUT2D eigenvalue weighted by Crippen LogP contribution is -2.03. The van der Waals surface area contributed by atoms with E-state index in [2.05, 4.69) is 0 Å². The molecular formula is C12H10F2OS. The second-order valence-corrected chi connectivity index (χ2v) is 4.36. The number of benzene rings is 1. The second kappa shape index (κ2) is 4.31. The SMILES string of the molecule is Cc1cc(F)c(C(O)c2ccsc2)cc1F. The van der Waals surface area contributed by atoms with Gasteiger partial charge >= 0.3 is 0 Å². The Balaban J connectivity index is 2.44. The van der Waals surface area contributed by atoms with E-state index in [1.165, 1.54) is 18.3 Å². The summed E-state index contributed by atoms with van der Waals surface area (Å²) in [5.74, 6) is -1.09. The van der Waals surface area contributed by atoms with Gasteiger partial charge < -0.3 is 5.11 Å². The summed E-state index contributed by atoms with van der Waals surface area (Å²) >= 11 is 1.40. The van der Waals surface area contributed by atoms with Crippen molar-refractivity contribution in [2.45, 2.75) is 13.0 Å². The number of hydrogen-bond acceptors (Lipinski definition) is 2. The van der Waals surface area contributed by atoms with Crippen LogP contribution in [0.25, 0.3) is 0 Å². The number of aliphatic hydroxyl groups is 1. The van der Waals surface area contributed by atoms with Crippen LogP contribution in [0.1, 0.15) is 22.8 Å². The molecule has 1 nitrogen and oxygen atoms in total. The minimum atomic E-state index is -1.11. The fourth-order valence-electron chi connectivity index (χ4n) is 1.48. The summed E-state index contributed by atoms with van der Waals surface area (Å²) in [4.78, 5) is 0. The molecule has 1 unspecified atom stereocenters. The molecule has 0 bridgehead atoms. The maximum absolute atomic E-state index is 13.5. The molecule has 0 fully saturated rings. The predicted octanol–water partition coefficient (Wildman–Crippen LogP) is 3.42. The van der Waals surface area contributed by atoms with Crippen molar-refractivity contribution in [1.82, 2.24) is 0 Å². The summed E-state index contributed by atoms with van der Waals surface area (Å²) in [6, 6.07) is 3.83. The van der Waals surface area contributed by atoms with Gasteiger partial charge in [-0.2, -0.15) is 11.3 Å². The van der Waals surface area contributed by atoms with E-state index in [0.29, 0.717) is 5.56 Å². The molecule has 0 saturated heterocycles. The molecule has 2 rings (SSSR count). The molecule has 16 heavy (non-hydrogen) atoms. The number of halogens is 2. The lowest BCUT2D eigenvalue weighted by molar-refractivity contribution is 0.215. The van der Waals surface area contributed by atoms with E-state index in [-0.39, 0.29) is 11.1 Å². The highest BCUT2D eigenvalue weighted by molar-refractivity contribution is 7.07. The van der Waals surface area contributed by atoms with Gasteiger partial charge in [0.1, 0.15) is 17.7 Å². The molecular weight excluding hydrogens is 230 g/mol. The molecule has 0 aliphatic rings. The molecule has 0 radical (unpaired) electrons. The topological polar surface area (TPSA) is 20.2 Å². The Morgan fingerprint density at radius 1 is 1.25 bits per heavy atom. The standard InChI is InChI=1S/C12H10F2OS/c1-7-4-11(14)9(5-10(7)13)12(15)8-2-3-16-6-8/h2-6,12,15H,1H3. The molecule has 1 aromatic carbocycles. The first-order chi connectivity index (χ1) is 7.59. The zero-order valence-corrected chi connectivity index (χ0v) is 9.39. The zero-order valence-electron chi connectivity index (χ0n) is 8.58. The lowest BCUT2D eigenvalue weighted by Gasteiger charge is -2.11. The van der Waals surface area contributed by atoms with Crippen molar-refractivity contribution >= 4 is 11.3 Å². The van der Waals surface area contributed by atoms with Gasteiger partial charge in [0.15, 0.2) is 0 Å². The van der Waals surface area contributed by atoms with Gasteiger partial charge in [-0.1, -0.05) is 0 Å². The fourth-order valence-corrected chi connectivity index (χ4v) is 2.16. The van der Waals surface area contributed by atoms with E-state index in [1.807, 2.05) is 0 Å². The molecule has 0 aliphatic heterocycles. The van der Waals surface area contributed by atoms with Crippen LogP contribution in [-0.2, 0) is 0 Å². The Hall–Kier alpha value is -1.26. The third kappa shape index (κ3) is 1.99. The van der Waals surface area contributed by atoms with Gasteiger partial charge in [-0.25, -0.2) is 8.78 Å². The van der Waals surface area contributed by atoms with E-state index in [9.17, 15) is 13.9 Å². The largest absolute Gasteiger partial charge is 0.384 e. The summed E-state index contributed by atoms with van der Waals surface area (Å²) in [7, 11) is 0. The Labute approximate surface area is 96.0 Å². The maximum Gasteiger partial charge on any atom is 0.129 e. The molecule has 1 aromatic heterocycles. The van der Waals surface area contributed by atoms with E-state index in [4.69, 9.17) is 0 Å². The third-order valence-corrected chi connectivity index (χ3v) is 3.13. The smallest absolute Gasteiger partial charge is 0.129 e. The van der Waals surface area contributed by atoms with Crippen LogP contribution in [0.3, 0.4) is 0 Å². The molecule has 0 spiro atoms. The minimum absolute atomic E-state index is 0.0264. The average molecular weight is 240 g/mol. The monoisotopic (exact) mass is 240 g/mol. The van der Waals surface area contributed by atoms with Crippen molar-refractivity contribution in [2.24, 2.45) is 0 Å². The molecule has 1 N–H and O–H groups in total. The highest BCUT2D eigenvalue weighted by Crippen LogP contribution is 2.27. The Morgan fingerprint density at radius 2 is 2.00 bits per heavy atom. The highest BCUT2D eigenvalue weighted by Gasteiger charge is 2.17. The Morgan fingerprint density at radius 3 is 2.62 bits per heavy atom. The van der Waals surface area contributed by atoms with Crippen molar-refractivity contribution in [1.29, 1.82) is 0 Å². The fraction of sp³-hybridized carbons (Fsp3) is 0.167. The van der Waals surface area contributed by atoms with Crippen molar-refractivity contribution < 1.29 is 13.9 Å². The Bertz CT molecular complexity index is 494. The van der Waals surface area contributed by atoms with E-state index in [1.54, 1.807) is 16.8 Å². The first kappa shape index (κ1) is 11.2. The first-order valence-electron chi connectivity index (χ1n) is 4.75. The van der Waals surface area contributed by atoms with Gasteiger partial charge in [-0.15, -0.1) is 0 Å². The van der Waals surface area contributed by atoms with Crippen molar-refractivity contribution in [3.8, 4) is 0 Å².